The molecular weight excluding hydrogens is 1660 g/mol. The fraction of sp³-hybridized carbons (Fsp3) is 0.322. The fourth-order valence-corrected chi connectivity index (χ4v) is 17.2. The van der Waals surface area contributed by atoms with E-state index in [0.29, 0.717) is 28.2 Å². The molecule has 0 bridgehead atoms. The van der Waals surface area contributed by atoms with Gasteiger partial charge in [-0.15, -0.1) is 29.7 Å². The van der Waals surface area contributed by atoms with Crippen molar-refractivity contribution in [2.75, 3.05) is 0 Å². The minimum atomic E-state index is -2.68. The summed E-state index contributed by atoms with van der Waals surface area (Å²) in [6.45, 7) is 59.7. The predicted molar refractivity (Wildman–Crippen MR) is 515 cm³/mol. The van der Waals surface area contributed by atoms with Crippen LogP contribution in [0.3, 0.4) is 0 Å². The quantitative estimate of drug-likeness (QED) is 0.0956. The molecule has 0 spiro atoms. The van der Waals surface area contributed by atoms with Crippen molar-refractivity contribution in [1.29, 1.82) is 0 Å². The van der Waals surface area contributed by atoms with Gasteiger partial charge in [0.1, 0.15) is 5.82 Å². The van der Waals surface area contributed by atoms with E-state index in [1.165, 1.54) is 54.6 Å². The van der Waals surface area contributed by atoms with Gasteiger partial charge in [0.15, 0.2) is 0 Å². The number of aromatic nitrogens is 5. The van der Waals surface area contributed by atoms with Crippen molar-refractivity contribution in [3.05, 3.63) is 305 Å². The summed E-state index contributed by atoms with van der Waals surface area (Å²) >= 11 is 0. The minimum absolute atomic E-state index is 0. The van der Waals surface area contributed by atoms with E-state index < -0.39 is 6.98 Å². The first kappa shape index (κ1) is 82.3. The summed E-state index contributed by atoms with van der Waals surface area (Å²) in [5.41, 5.74) is 29.8. The number of ether oxygens (including phenoxy) is 1. The zero-order valence-electron chi connectivity index (χ0n) is 80.0. The monoisotopic (exact) mass is 1790 g/mol. The SMILES string of the molecule is [2H]C([2H])([2H])[n+]1[c-]n(-c2[c-]c(Oc3[c-]c4c(cc3)c3ccccc3n4-c3cc(C(C)(C)C)ccn3)ccc2)c2ccc(-n3c4cc(-c5c(-c6cc(C(C)(C)C)cc(C(C)(C)C)c6)cccc5-c5cc(C(C)(C)C)cc(C(C)(C)C)c5)ccc4c4ccc(-c5c(-c6cc(C(C)(C)C)cc(C(C)(C)C)c6)cccc5-c5cc(C(C)(C)C)cc(C(C)(C)C)c5)cc43)cc21.[Pt]. The van der Waals surface area contributed by atoms with E-state index in [2.05, 4.69) is 415 Å². The Kier molecular flexibility index (Phi) is 20.7. The molecule has 0 amide bonds. The van der Waals surface area contributed by atoms with E-state index in [1.54, 1.807) is 4.57 Å². The molecule has 0 radical (unpaired) electrons. The largest absolute Gasteiger partial charge is 0.510 e. The molecule has 0 saturated heterocycles. The zero-order chi connectivity index (χ0) is 89.2. The average Bonchev–Trinajstić information content (AvgIpc) is 1.58. The summed E-state index contributed by atoms with van der Waals surface area (Å²) in [5, 5.41) is 4.20. The van der Waals surface area contributed by atoms with Gasteiger partial charge in [0.05, 0.1) is 33.2 Å². The van der Waals surface area contributed by atoms with Crippen molar-refractivity contribution < 1.29 is 34.5 Å². The van der Waals surface area contributed by atoms with Crippen LogP contribution in [0.25, 0.3) is 139 Å². The van der Waals surface area contributed by atoms with Gasteiger partial charge in [0.2, 0.25) is 6.33 Å². The van der Waals surface area contributed by atoms with Gasteiger partial charge in [-0.05, 0) is 213 Å². The van der Waals surface area contributed by atoms with Gasteiger partial charge >= 0.3 is 0 Å². The van der Waals surface area contributed by atoms with E-state index in [9.17, 15) is 4.11 Å². The maximum absolute atomic E-state index is 9.45. The Bertz CT molecular complexity index is 6360. The van der Waals surface area contributed by atoms with Crippen molar-refractivity contribution in [2.45, 2.75) is 236 Å². The van der Waals surface area contributed by atoms with Crippen LogP contribution in [0.5, 0.6) is 11.5 Å². The number of imidazole rings is 1. The molecule has 0 aliphatic heterocycles. The average molecular weight is 1790 g/mol. The fourth-order valence-electron chi connectivity index (χ4n) is 17.2. The van der Waals surface area contributed by atoms with Crippen molar-refractivity contribution in [1.82, 2.24) is 18.7 Å². The van der Waals surface area contributed by atoms with E-state index >= 15 is 0 Å². The van der Waals surface area contributed by atoms with Crippen LogP contribution in [-0.2, 0) is 76.8 Å². The molecule has 4 heterocycles. The number of aryl methyl sites for hydroxylation is 1. The second-order valence-corrected chi connectivity index (χ2v) is 43.5. The van der Waals surface area contributed by atoms with Crippen LogP contribution >= 0.6 is 0 Å². The molecule has 0 unspecified atom stereocenters. The molecule has 626 valence electrons. The topological polar surface area (TPSA) is 40.8 Å². The molecular formula is C115H123N5OPt-2. The first-order valence-corrected chi connectivity index (χ1v) is 43.4. The third-order valence-corrected chi connectivity index (χ3v) is 24.9. The zero-order valence-corrected chi connectivity index (χ0v) is 79.2. The number of para-hydroxylation sites is 1. The van der Waals surface area contributed by atoms with Crippen molar-refractivity contribution in [3.63, 3.8) is 0 Å². The van der Waals surface area contributed by atoms with Crippen LogP contribution in [0.15, 0.2) is 237 Å². The predicted octanol–water partition coefficient (Wildman–Crippen LogP) is 30.9. The Hall–Kier alpha value is -10.7. The number of hydrogen-bond donors (Lipinski definition) is 0. The summed E-state index contributed by atoms with van der Waals surface area (Å²) in [6, 6.07) is 93.1. The second kappa shape index (κ2) is 30.7. The number of benzene rings is 12. The molecule has 0 aliphatic carbocycles. The Labute approximate surface area is 746 Å². The summed E-state index contributed by atoms with van der Waals surface area (Å²) < 4.78 is 42.8. The van der Waals surface area contributed by atoms with Crippen LogP contribution in [0, 0.1) is 18.5 Å². The normalized spacial score (nSPS) is 13.5. The number of nitrogens with zero attached hydrogens (tertiary/aromatic N) is 5. The molecule has 0 saturated carbocycles. The molecule has 6 nitrogen and oxygen atoms in total. The van der Waals surface area contributed by atoms with Gasteiger partial charge in [-0.2, -0.15) is 18.2 Å². The molecule has 16 aromatic rings. The standard InChI is InChI=1S/C115H123N5O.Pt/c1-107(2,3)77-50-51-116-104(66-77)120-98-41-30-29-36-94(98)97-48-45-89(69-102(97)120)121-88-35-31-34-86(67-88)118-70-117(28)103-68-87(44-49-99(103)118)119-100-60-71(105-90(73-52-78(108(4,5)6)62-79(53-73)109(7,8)9)37-32-38-91(105)74-54-80(110(10,11)12)63-81(55-74)111(13,14)15)42-46-95(100)96-47-43-72(61-101(96)119)106-92(75-56-82(112(16,17)18)64-83(57-75)113(19,20)21)39-33-40-93(106)76-58-84(114(22,23)24)65-85(59-76)115(25,26)27;/h29-66,68H,1-28H3;/q-2;/i28D3;. The van der Waals surface area contributed by atoms with Gasteiger partial charge in [0.25, 0.3) is 0 Å². The Morgan fingerprint density at radius 2 is 0.697 bits per heavy atom. The molecule has 12 aromatic carbocycles. The van der Waals surface area contributed by atoms with Crippen LogP contribution in [0.4, 0.5) is 0 Å². The smallest absolute Gasteiger partial charge is 0.242 e. The summed E-state index contributed by atoms with van der Waals surface area (Å²) in [7, 11) is 0. The van der Waals surface area contributed by atoms with Crippen LogP contribution < -0.4 is 9.30 Å². The Morgan fingerprint density at radius 3 is 1.11 bits per heavy atom. The molecule has 0 atom stereocenters. The third-order valence-electron chi connectivity index (χ3n) is 24.9. The van der Waals surface area contributed by atoms with Crippen LogP contribution in [0.1, 0.15) is 241 Å². The molecule has 7 heteroatoms. The molecule has 122 heavy (non-hydrogen) atoms. The first-order valence-electron chi connectivity index (χ1n) is 44.9. The van der Waals surface area contributed by atoms with Crippen molar-refractivity contribution in [2.24, 2.45) is 6.98 Å². The van der Waals surface area contributed by atoms with Gasteiger partial charge in [0, 0.05) is 60.7 Å². The Morgan fingerprint density at radius 1 is 0.311 bits per heavy atom. The second-order valence-electron chi connectivity index (χ2n) is 43.5. The molecule has 16 rings (SSSR count). The summed E-state index contributed by atoms with van der Waals surface area (Å²) in [6.07, 6.45) is 5.26. The van der Waals surface area contributed by atoms with Gasteiger partial charge in [-0.25, -0.2) is 4.98 Å². The first-order chi connectivity index (χ1) is 57.7. The maximum Gasteiger partial charge on any atom is 0.242 e. The summed E-state index contributed by atoms with van der Waals surface area (Å²) in [5.74, 6) is 1.70. The maximum atomic E-state index is 9.45. The third kappa shape index (κ3) is 16.6. The minimum Gasteiger partial charge on any atom is -0.510 e. The molecule has 0 aliphatic rings. The van der Waals surface area contributed by atoms with Crippen molar-refractivity contribution in [3.8, 4) is 95.5 Å². The van der Waals surface area contributed by atoms with E-state index in [1.807, 2.05) is 36.5 Å². The summed E-state index contributed by atoms with van der Waals surface area (Å²) in [4.78, 5) is 4.93. The number of rotatable bonds is 11. The van der Waals surface area contributed by atoms with E-state index in [0.717, 1.165) is 122 Å². The van der Waals surface area contributed by atoms with E-state index in [-0.39, 0.29) is 69.8 Å². The number of hydrogen-bond acceptors (Lipinski definition) is 2. The Balaban J connectivity index is 0.0000121. The number of pyridine rings is 1. The van der Waals surface area contributed by atoms with Crippen molar-refractivity contribution >= 4 is 54.6 Å². The molecule has 0 N–H and O–H groups in total. The van der Waals surface area contributed by atoms with Gasteiger partial charge in [-0.1, -0.05) is 356 Å². The van der Waals surface area contributed by atoms with Crippen LogP contribution in [-0.4, -0.2) is 18.7 Å². The molecule has 4 aromatic heterocycles. The van der Waals surface area contributed by atoms with Gasteiger partial charge < -0.3 is 23.0 Å². The van der Waals surface area contributed by atoms with Gasteiger partial charge in [-0.3, -0.25) is 0 Å². The van der Waals surface area contributed by atoms with E-state index in [4.69, 9.17) is 9.72 Å². The molecule has 0 fully saturated rings. The van der Waals surface area contributed by atoms with Crippen LogP contribution in [0.2, 0.25) is 0 Å². The number of fused-ring (bicyclic) bond motifs is 7.